The van der Waals surface area contributed by atoms with E-state index in [1.54, 1.807) is 12.3 Å². The SMILES string of the molecule is CCC1CCN(c2ncccc2C=O)C1. The number of anilines is 1. The van der Waals surface area contributed by atoms with Crippen molar-refractivity contribution in [3.05, 3.63) is 23.9 Å². The van der Waals surface area contributed by atoms with Gasteiger partial charge in [0.25, 0.3) is 0 Å². The molecule has 0 amide bonds. The Hall–Kier alpha value is -1.38. The van der Waals surface area contributed by atoms with Crippen molar-refractivity contribution in [2.24, 2.45) is 5.92 Å². The maximum atomic E-state index is 10.9. The molecule has 0 saturated carbocycles. The van der Waals surface area contributed by atoms with Crippen molar-refractivity contribution in [3.63, 3.8) is 0 Å². The fourth-order valence-corrected chi connectivity index (χ4v) is 2.12. The third kappa shape index (κ3) is 2.01. The number of carbonyl (C=O) groups is 1. The first-order valence-corrected chi connectivity index (χ1v) is 5.50. The normalized spacial score (nSPS) is 20.6. The third-order valence-electron chi connectivity index (χ3n) is 3.11. The molecule has 1 aliphatic heterocycles. The summed E-state index contributed by atoms with van der Waals surface area (Å²) in [6, 6.07) is 3.63. The topological polar surface area (TPSA) is 33.2 Å². The smallest absolute Gasteiger partial charge is 0.153 e. The molecule has 1 unspecified atom stereocenters. The van der Waals surface area contributed by atoms with Gasteiger partial charge < -0.3 is 4.90 Å². The van der Waals surface area contributed by atoms with E-state index in [9.17, 15) is 4.79 Å². The van der Waals surface area contributed by atoms with Crippen LogP contribution in [-0.4, -0.2) is 24.4 Å². The second-order valence-corrected chi connectivity index (χ2v) is 4.04. The molecule has 1 saturated heterocycles. The number of pyridine rings is 1. The minimum Gasteiger partial charge on any atom is -0.356 e. The molecule has 80 valence electrons. The van der Waals surface area contributed by atoms with E-state index in [-0.39, 0.29) is 0 Å². The molecule has 3 nitrogen and oxygen atoms in total. The summed E-state index contributed by atoms with van der Waals surface area (Å²) in [7, 11) is 0. The van der Waals surface area contributed by atoms with Crippen molar-refractivity contribution >= 4 is 12.1 Å². The van der Waals surface area contributed by atoms with Gasteiger partial charge in [-0.25, -0.2) is 4.98 Å². The van der Waals surface area contributed by atoms with Gasteiger partial charge in [0.1, 0.15) is 5.82 Å². The van der Waals surface area contributed by atoms with Crippen LogP contribution in [0.15, 0.2) is 18.3 Å². The second-order valence-electron chi connectivity index (χ2n) is 4.04. The van der Waals surface area contributed by atoms with E-state index in [1.165, 1.54) is 12.8 Å². The zero-order valence-corrected chi connectivity index (χ0v) is 9.02. The van der Waals surface area contributed by atoms with Gasteiger partial charge in [0.2, 0.25) is 0 Å². The van der Waals surface area contributed by atoms with Crippen LogP contribution in [0.5, 0.6) is 0 Å². The lowest BCUT2D eigenvalue weighted by molar-refractivity contribution is 0.112. The van der Waals surface area contributed by atoms with Gasteiger partial charge in [-0.15, -0.1) is 0 Å². The van der Waals surface area contributed by atoms with E-state index in [2.05, 4.69) is 16.8 Å². The maximum absolute atomic E-state index is 10.9. The van der Waals surface area contributed by atoms with Gasteiger partial charge >= 0.3 is 0 Å². The maximum Gasteiger partial charge on any atom is 0.153 e. The molecule has 1 atom stereocenters. The summed E-state index contributed by atoms with van der Waals surface area (Å²) in [5, 5.41) is 0. The average Bonchev–Trinajstić information content (AvgIpc) is 2.77. The van der Waals surface area contributed by atoms with E-state index in [1.807, 2.05) is 6.07 Å². The minimum absolute atomic E-state index is 0.703. The predicted octanol–water partition coefficient (Wildman–Crippen LogP) is 2.13. The molecular formula is C12H16N2O. The molecule has 15 heavy (non-hydrogen) atoms. The quantitative estimate of drug-likeness (QED) is 0.707. The summed E-state index contributed by atoms with van der Waals surface area (Å²) >= 11 is 0. The van der Waals surface area contributed by atoms with Gasteiger partial charge in [-0.2, -0.15) is 0 Å². The van der Waals surface area contributed by atoms with Gasteiger partial charge in [0.05, 0.1) is 5.56 Å². The minimum atomic E-state index is 0.703. The van der Waals surface area contributed by atoms with E-state index < -0.39 is 0 Å². The Morgan fingerprint density at radius 2 is 2.53 bits per heavy atom. The van der Waals surface area contributed by atoms with Crippen LogP contribution in [-0.2, 0) is 0 Å². The molecular weight excluding hydrogens is 188 g/mol. The Bertz CT molecular complexity index is 351. The monoisotopic (exact) mass is 204 g/mol. The van der Waals surface area contributed by atoms with Crippen LogP contribution in [0.3, 0.4) is 0 Å². The van der Waals surface area contributed by atoms with Crippen molar-refractivity contribution in [2.75, 3.05) is 18.0 Å². The first-order valence-electron chi connectivity index (χ1n) is 5.50. The fraction of sp³-hybridized carbons (Fsp3) is 0.500. The molecule has 0 aromatic carbocycles. The van der Waals surface area contributed by atoms with Crippen LogP contribution in [0, 0.1) is 5.92 Å². The zero-order chi connectivity index (χ0) is 10.7. The lowest BCUT2D eigenvalue weighted by Gasteiger charge is -2.18. The lowest BCUT2D eigenvalue weighted by atomic mass is 10.1. The van der Waals surface area contributed by atoms with Crippen LogP contribution in [0.25, 0.3) is 0 Å². The van der Waals surface area contributed by atoms with E-state index in [4.69, 9.17) is 0 Å². The number of rotatable bonds is 3. The molecule has 0 N–H and O–H groups in total. The Morgan fingerprint density at radius 1 is 1.67 bits per heavy atom. The van der Waals surface area contributed by atoms with Crippen molar-refractivity contribution in [2.45, 2.75) is 19.8 Å². The number of hydrogen-bond acceptors (Lipinski definition) is 3. The van der Waals surface area contributed by atoms with Crippen LogP contribution < -0.4 is 4.90 Å². The average molecular weight is 204 g/mol. The van der Waals surface area contributed by atoms with Crippen molar-refractivity contribution in [3.8, 4) is 0 Å². The summed E-state index contributed by atoms with van der Waals surface area (Å²) in [6.45, 7) is 4.28. The number of hydrogen-bond donors (Lipinski definition) is 0. The highest BCUT2D eigenvalue weighted by Crippen LogP contribution is 2.25. The highest BCUT2D eigenvalue weighted by atomic mass is 16.1. The highest BCUT2D eigenvalue weighted by Gasteiger charge is 2.23. The van der Waals surface area contributed by atoms with Gasteiger partial charge in [-0.3, -0.25) is 4.79 Å². The van der Waals surface area contributed by atoms with E-state index >= 15 is 0 Å². The predicted molar refractivity (Wildman–Crippen MR) is 60.2 cm³/mol. The van der Waals surface area contributed by atoms with Crippen molar-refractivity contribution in [1.82, 2.24) is 4.98 Å². The molecule has 0 bridgehead atoms. The van der Waals surface area contributed by atoms with Crippen LogP contribution in [0.1, 0.15) is 30.1 Å². The van der Waals surface area contributed by atoms with E-state index in [0.717, 1.165) is 31.1 Å². The number of carbonyl (C=O) groups excluding carboxylic acids is 1. The molecule has 3 heteroatoms. The number of aldehydes is 1. The summed E-state index contributed by atoms with van der Waals surface area (Å²) in [6.07, 6.45) is 5.06. The molecule has 1 aliphatic rings. The first kappa shape index (κ1) is 10.1. The Balaban J connectivity index is 2.19. The summed E-state index contributed by atoms with van der Waals surface area (Å²) in [5.74, 6) is 1.61. The fourth-order valence-electron chi connectivity index (χ4n) is 2.12. The number of nitrogens with zero attached hydrogens (tertiary/aromatic N) is 2. The Kier molecular flexibility index (Phi) is 2.99. The highest BCUT2D eigenvalue weighted by molar-refractivity contribution is 5.82. The molecule has 1 fully saturated rings. The second kappa shape index (κ2) is 4.43. The molecule has 1 aromatic heterocycles. The van der Waals surface area contributed by atoms with Gasteiger partial charge in [0, 0.05) is 19.3 Å². The molecule has 0 spiro atoms. The zero-order valence-electron chi connectivity index (χ0n) is 9.02. The largest absolute Gasteiger partial charge is 0.356 e. The Labute approximate surface area is 90.1 Å². The Morgan fingerprint density at radius 3 is 3.20 bits per heavy atom. The first-order chi connectivity index (χ1) is 7.35. The van der Waals surface area contributed by atoms with Crippen LogP contribution in [0.2, 0.25) is 0 Å². The third-order valence-corrected chi connectivity index (χ3v) is 3.11. The van der Waals surface area contributed by atoms with Crippen LogP contribution >= 0.6 is 0 Å². The van der Waals surface area contributed by atoms with E-state index in [0.29, 0.717) is 5.56 Å². The molecule has 2 heterocycles. The molecule has 1 aromatic rings. The van der Waals surface area contributed by atoms with Gasteiger partial charge in [-0.05, 0) is 24.5 Å². The molecule has 0 radical (unpaired) electrons. The molecule has 2 rings (SSSR count). The summed E-state index contributed by atoms with van der Waals surface area (Å²) in [4.78, 5) is 17.4. The van der Waals surface area contributed by atoms with Crippen molar-refractivity contribution in [1.29, 1.82) is 0 Å². The van der Waals surface area contributed by atoms with Crippen LogP contribution in [0.4, 0.5) is 5.82 Å². The van der Waals surface area contributed by atoms with Gasteiger partial charge in [0.15, 0.2) is 6.29 Å². The summed E-state index contributed by atoms with van der Waals surface area (Å²) in [5.41, 5.74) is 0.703. The standard InChI is InChI=1S/C12H16N2O/c1-2-10-5-7-14(8-10)12-11(9-15)4-3-6-13-12/h3-4,6,9-10H,2,5,7-8H2,1H3. The lowest BCUT2D eigenvalue weighted by Crippen LogP contribution is -2.22. The molecule has 0 aliphatic carbocycles. The number of aromatic nitrogens is 1. The van der Waals surface area contributed by atoms with Crippen molar-refractivity contribution < 1.29 is 4.79 Å². The summed E-state index contributed by atoms with van der Waals surface area (Å²) < 4.78 is 0. The van der Waals surface area contributed by atoms with Gasteiger partial charge in [-0.1, -0.05) is 13.3 Å².